The molecule has 162 valence electrons. The standard InChI is InChI=1S/C20H23N7O2S2/c1-11-8-21-14(13(3)16(11)29-5)9-27-7-6-15(26-27)23-19-25-24-18(31-19)20(4,28)17-22-12(2)10-30-17/h6-8,10,28H,9H2,1-5H3,(H,23,25,26). The molecule has 2 N–H and O–H groups in total. The van der Waals surface area contributed by atoms with Crippen LogP contribution in [-0.4, -0.2) is 42.2 Å². The van der Waals surface area contributed by atoms with E-state index in [0.29, 0.717) is 27.5 Å². The van der Waals surface area contributed by atoms with Gasteiger partial charge in [-0.1, -0.05) is 11.3 Å². The lowest BCUT2D eigenvalue weighted by atomic mass is 10.1. The Labute approximate surface area is 187 Å². The Morgan fingerprint density at radius 1 is 1.23 bits per heavy atom. The molecule has 31 heavy (non-hydrogen) atoms. The summed E-state index contributed by atoms with van der Waals surface area (Å²) < 4.78 is 7.28. The average molecular weight is 458 g/mol. The highest BCUT2D eigenvalue weighted by atomic mass is 32.1. The molecule has 0 aromatic carbocycles. The van der Waals surface area contributed by atoms with Crippen molar-refractivity contribution in [2.45, 2.75) is 39.8 Å². The van der Waals surface area contributed by atoms with Crippen LogP contribution in [0.1, 0.15) is 39.5 Å². The molecular weight excluding hydrogens is 434 g/mol. The number of hydrogen-bond acceptors (Lipinski definition) is 10. The van der Waals surface area contributed by atoms with Gasteiger partial charge in [-0.3, -0.25) is 9.67 Å². The normalized spacial score (nSPS) is 13.2. The summed E-state index contributed by atoms with van der Waals surface area (Å²) in [6, 6.07) is 1.85. The van der Waals surface area contributed by atoms with E-state index in [-0.39, 0.29) is 0 Å². The number of aromatic nitrogens is 6. The van der Waals surface area contributed by atoms with Crippen LogP contribution < -0.4 is 10.1 Å². The number of aryl methyl sites for hydroxylation is 2. The van der Waals surface area contributed by atoms with E-state index >= 15 is 0 Å². The van der Waals surface area contributed by atoms with Crippen molar-refractivity contribution in [1.82, 2.24) is 29.9 Å². The quantitative estimate of drug-likeness (QED) is 0.433. The minimum Gasteiger partial charge on any atom is -0.496 e. The molecule has 4 aromatic heterocycles. The van der Waals surface area contributed by atoms with Gasteiger partial charge in [-0.15, -0.1) is 21.5 Å². The third-order valence-electron chi connectivity index (χ3n) is 4.81. The molecule has 0 radical (unpaired) electrons. The van der Waals surface area contributed by atoms with Crippen LogP contribution in [0.15, 0.2) is 23.8 Å². The van der Waals surface area contributed by atoms with Crippen molar-refractivity contribution in [2.75, 3.05) is 12.4 Å². The second kappa shape index (κ2) is 8.33. The molecule has 0 saturated heterocycles. The number of nitrogens with one attached hydrogen (secondary N) is 1. The average Bonchev–Trinajstić information content (AvgIpc) is 3.47. The lowest BCUT2D eigenvalue weighted by Crippen LogP contribution is -2.22. The van der Waals surface area contributed by atoms with Gasteiger partial charge in [0, 0.05) is 40.7 Å². The Morgan fingerprint density at radius 3 is 2.74 bits per heavy atom. The topological polar surface area (TPSA) is 111 Å². The molecule has 1 atom stereocenters. The maximum atomic E-state index is 10.9. The van der Waals surface area contributed by atoms with E-state index in [4.69, 9.17) is 4.74 Å². The summed E-state index contributed by atoms with van der Waals surface area (Å²) in [4.78, 5) is 8.90. The predicted octanol–water partition coefficient (Wildman–Crippen LogP) is 3.57. The first-order valence-corrected chi connectivity index (χ1v) is 11.3. The number of aliphatic hydroxyl groups is 1. The molecule has 4 heterocycles. The third-order valence-corrected chi connectivity index (χ3v) is 7.03. The number of pyridine rings is 1. The number of ether oxygens (including phenoxy) is 1. The number of thiazole rings is 1. The van der Waals surface area contributed by atoms with Crippen molar-refractivity contribution in [3.63, 3.8) is 0 Å². The molecule has 0 spiro atoms. The van der Waals surface area contributed by atoms with Gasteiger partial charge in [-0.25, -0.2) is 4.98 Å². The summed E-state index contributed by atoms with van der Waals surface area (Å²) in [5, 5.41) is 30.4. The molecule has 4 rings (SSSR count). The Hall–Kier alpha value is -2.89. The lowest BCUT2D eigenvalue weighted by Gasteiger charge is -2.16. The number of nitrogens with zero attached hydrogens (tertiary/aromatic N) is 6. The summed E-state index contributed by atoms with van der Waals surface area (Å²) in [7, 11) is 1.67. The first-order valence-electron chi connectivity index (χ1n) is 9.56. The molecule has 1 unspecified atom stereocenters. The third kappa shape index (κ3) is 4.29. The van der Waals surface area contributed by atoms with Crippen LogP contribution in [0.2, 0.25) is 0 Å². The van der Waals surface area contributed by atoms with E-state index in [1.165, 1.54) is 22.7 Å². The van der Waals surface area contributed by atoms with Crippen LogP contribution in [0.4, 0.5) is 10.9 Å². The predicted molar refractivity (Wildman–Crippen MR) is 120 cm³/mol. The van der Waals surface area contributed by atoms with Gasteiger partial charge in [0.2, 0.25) is 5.13 Å². The Balaban J connectivity index is 1.48. The first-order chi connectivity index (χ1) is 14.8. The van der Waals surface area contributed by atoms with Crippen molar-refractivity contribution < 1.29 is 9.84 Å². The van der Waals surface area contributed by atoms with Crippen LogP contribution in [-0.2, 0) is 12.1 Å². The van der Waals surface area contributed by atoms with E-state index in [9.17, 15) is 5.11 Å². The molecule has 0 saturated carbocycles. The van der Waals surface area contributed by atoms with Gasteiger partial charge in [0.1, 0.15) is 10.8 Å². The van der Waals surface area contributed by atoms with Crippen molar-refractivity contribution >= 4 is 33.6 Å². The van der Waals surface area contributed by atoms with E-state index < -0.39 is 5.60 Å². The second-order valence-corrected chi connectivity index (χ2v) is 9.18. The van der Waals surface area contributed by atoms with Crippen LogP contribution >= 0.6 is 22.7 Å². The molecule has 0 aliphatic heterocycles. The van der Waals surface area contributed by atoms with Gasteiger partial charge < -0.3 is 15.2 Å². The van der Waals surface area contributed by atoms with Crippen LogP contribution in [0.3, 0.4) is 0 Å². The van der Waals surface area contributed by atoms with Gasteiger partial charge >= 0.3 is 0 Å². The fourth-order valence-corrected chi connectivity index (χ4v) is 4.87. The zero-order valence-electron chi connectivity index (χ0n) is 17.9. The second-order valence-electron chi connectivity index (χ2n) is 7.35. The van der Waals surface area contributed by atoms with E-state index in [2.05, 4.69) is 30.6 Å². The summed E-state index contributed by atoms with van der Waals surface area (Å²) in [6.45, 7) is 8.06. The van der Waals surface area contributed by atoms with Gasteiger partial charge in [0.05, 0.1) is 19.3 Å². The number of hydrogen-bond donors (Lipinski definition) is 2. The maximum Gasteiger partial charge on any atom is 0.211 e. The molecule has 9 nitrogen and oxygen atoms in total. The molecule has 4 aromatic rings. The first kappa shape index (κ1) is 21.3. The summed E-state index contributed by atoms with van der Waals surface area (Å²) in [6.07, 6.45) is 3.68. The van der Waals surface area contributed by atoms with Crippen LogP contribution in [0.5, 0.6) is 5.75 Å². The summed E-state index contributed by atoms with van der Waals surface area (Å²) in [5.41, 5.74) is 2.47. The SMILES string of the molecule is COc1c(C)cnc(Cn2ccc(Nc3nnc(C(C)(O)c4nc(C)cs4)s3)n2)c1C. The highest BCUT2D eigenvalue weighted by molar-refractivity contribution is 7.15. The zero-order valence-corrected chi connectivity index (χ0v) is 19.5. The highest BCUT2D eigenvalue weighted by Gasteiger charge is 2.33. The fourth-order valence-electron chi connectivity index (χ4n) is 3.15. The van der Waals surface area contributed by atoms with Crippen molar-refractivity contribution in [3.05, 3.63) is 56.4 Å². The van der Waals surface area contributed by atoms with E-state index in [1.807, 2.05) is 44.6 Å². The van der Waals surface area contributed by atoms with Gasteiger partial charge in [0.15, 0.2) is 16.4 Å². The zero-order chi connectivity index (χ0) is 22.2. The molecule has 0 amide bonds. The molecule has 0 bridgehead atoms. The number of anilines is 2. The van der Waals surface area contributed by atoms with E-state index in [1.54, 1.807) is 18.7 Å². The monoisotopic (exact) mass is 457 g/mol. The summed E-state index contributed by atoms with van der Waals surface area (Å²) in [5.74, 6) is 1.48. The molecule has 11 heteroatoms. The van der Waals surface area contributed by atoms with E-state index in [0.717, 1.165) is 28.3 Å². The Bertz CT molecular complexity index is 1210. The summed E-state index contributed by atoms with van der Waals surface area (Å²) >= 11 is 2.67. The van der Waals surface area contributed by atoms with Crippen molar-refractivity contribution in [1.29, 1.82) is 0 Å². The minimum atomic E-state index is -1.29. The minimum absolute atomic E-state index is 0.468. The fraction of sp³-hybridized carbons (Fsp3) is 0.350. The van der Waals surface area contributed by atoms with Crippen molar-refractivity contribution in [2.24, 2.45) is 0 Å². The maximum absolute atomic E-state index is 10.9. The van der Waals surface area contributed by atoms with Crippen molar-refractivity contribution in [3.8, 4) is 5.75 Å². The Morgan fingerprint density at radius 2 is 2.03 bits per heavy atom. The lowest BCUT2D eigenvalue weighted by molar-refractivity contribution is 0.101. The Kier molecular flexibility index (Phi) is 5.73. The molecule has 0 fully saturated rings. The van der Waals surface area contributed by atoms with Crippen LogP contribution in [0, 0.1) is 20.8 Å². The largest absolute Gasteiger partial charge is 0.496 e. The molecule has 0 aliphatic rings. The van der Waals surface area contributed by atoms with Gasteiger partial charge in [-0.05, 0) is 27.7 Å². The molecule has 0 aliphatic carbocycles. The molecular formula is C20H23N7O2S2. The van der Waals surface area contributed by atoms with Crippen LogP contribution in [0.25, 0.3) is 0 Å². The van der Waals surface area contributed by atoms with Gasteiger partial charge in [0.25, 0.3) is 0 Å². The number of rotatable bonds is 7. The van der Waals surface area contributed by atoms with Gasteiger partial charge in [-0.2, -0.15) is 5.10 Å². The highest BCUT2D eigenvalue weighted by Crippen LogP contribution is 2.35. The smallest absolute Gasteiger partial charge is 0.211 e. The number of methoxy groups -OCH3 is 1.